The molecule has 0 atom stereocenters. The number of hydrogen-bond acceptors (Lipinski definition) is 2. The summed E-state index contributed by atoms with van der Waals surface area (Å²) in [6, 6.07) is 0. The van der Waals surface area contributed by atoms with Crippen molar-refractivity contribution in [3.8, 4) is 0 Å². The van der Waals surface area contributed by atoms with E-state index in [9.17, 15) is 0 Å². The van der Waals surface area contributed by atoms with Crippen LogP contribution in [0.3, 0.4) is 0 Å². The van der Waals surface area contributed by atoms with E-state index in [1.165, 1.54) is 23.5 Å². The fourth-order valence-corrected chi connectivity index (χ4v) is 4.01. The van der Waals surface area contributed by atoms with Gasteiger partial charge in [0.15, 0.2) is 0 Å². The molecule has 0 saturated carbocycles. The molecule has 0 spiro atoms. The summed E-state index contributed by atoms with van der Waals surface area (Å²) in [5.41, 5.74) is 4.64. The Labute approximate surface area is 75.8 Å². The molecule has 1 heterocycles. The largest absolute Gasteiger partial charge is 0.142 e. The van der Waals surface area contributed by atoms with Crippen LogP contribution < -0.4 is 0 Å². The molecular formula is C9H10S2. The summed E-state index contributed by atoms with van der Waals surface area (Å²) >= 11 is 4.11. The molecular weight excluding hydrogens is 172 g/mol. The van der Waals surface area contributed by atoms with Crippen LogP contribution in [0.4, 0.5) is 0 Å². The zero-order chi connectivity index (χ0) is 7.52. The lowest BCUT2D eigenvalue weighted by molar-refractivity contribution is 1.11. The van der Waals surface area contributed by atoms with Gasteiger partial charge in [-0.1, -0.05) is 6.08 Å². The molecule has 0 radical (unpaired) electrons. The van der Waals surface area contributed by atoms with Gasteiger partial charge in [-0.2, -0.15) is 0 Å². The first-order valence-corrected chi connectivity index (χ1v) is 5.93. The highest BCUT2D eigenvalue weighted by atomic mass is 32.2. The van der Waals surface area contributed by atoms with E-state index in [4.69, 9.17) is 0 Å². The van der Waals surface area contributed by atoms with Crippen LogP contribution in [0, 0.1) is 0 Å². The minimum absolute atomic E-state index is 0.666. The highest BCUT2D eigenvalue weighted by Crippen LogP contribution is 2.36. The maximum absolute atomic E-state index is 3.27. The van der Waals surface area contributed by atoms with Gasteiger partial charge in [0, 0.05) is 5.57 Å². The van der Waals surface area contributed by atoms with Crippen molar-refractivity contribution < 1.29 is 0 Å². The maximum Gasteiger partial charge on any atom is 0.0822 e. The van der Waals surface area contributed by atoms with Crippen molar-refractivity contribution in [2.75, 3.05) is 11.5 Å². The Morgan fingerprint density at radius 2 is 2.18 bits per heavy atom. The topological polar surface area (TPSA) is 0 Å². The summed E-state index contributed by atoms with van der Waals surface area (Å²) in [5.74, 6) is 2.63. The average Bonchev–Trinajstić information content (AvgIpc) is 2.58. The lowest BCUT2D eigenvalue weighted by atomic mass is 10.3. The van der Waals surface area contributed by atoms with Crippen LogP contribution in [-0.4, -0.2) is 16.1 Å². The first-order chi connectivity index (χ1) is 5.47. The van der Waals surface area contributed by atoms with Crippen LogP contribution in [-0.2, 0) is 0 Å². The normalized spacial score (nSPS) is 24.2. The van der Waals surface area contributed by atoms with Gasteiger partial charge in [-0.3, -0.25) is 0 Å². The lowest BCUT2D eigenvalue weighted by Crippen LogP contribution is -2.07. The zero-order valence-corrected chi connectivity index (χ0v) is 7.88. The van der Waals surface area contributed by atoms with Crippen molar-refractivity contribution >= 4 is 23.5 Å². The third-order valence-electron chi connectivity index (χ3n) is 1.70. The summed E-state index contributed by atoms with van der Waals surface area (Å²) in [4.78, 5) is 0. The molecule has 1 aliphatic heterocycles. The Hall–Kier alpha value is -0.0400. The molecule has 0 unspecified atom stereocenters. The van der Waals surface area contributed by atoms with Crippen LogP contribution in [0.25, 0.3) is 0 Å². The van der Waals surface area contributed by atoms with Crippen LogP contribution in [0.2, 0.25) is 0 Å². The molecule has 2 heteroatoms. The van der Waals surface area contributed by atoms with Crippen molar-refractivity contribution in [3.05, 3.63) is 29.5 Å². The Morgan fingerprint density at radius 3 is 2.82 bits per heavy atom. The standard InChI is InChI=1S/C9H10S2/c1-2-5-8(4-1)9-10-6-3-7-11-9/h1-2,4,9H,3,6-7H2. The van der Waals surface area contributed by atoms with Crippen LogP contribution in [0.15, 0.2) is 29.5 Å². The SMILES string of the molecule is C1=CC=CC=1C1SCCCS1. The molecule has 11 heavy (non-hydrogen) atoms. The van der Waals surface area contributed by atoms with Crippen LogP contribution in [0.5, 0.6) is 0 Å². The summed E-state index contributed by atoms with van der Waals surface area (Å²) in [6.07, 6.45) is 7.62. The second-order valence-electron chi connectivity index (χ2n) is 2.55. The second-order valence-corrected chi connectivity index (χ2v) is 5.28. The number of thioether (sulfide) groups is 2. The zero-order valence-electron chi connectivity index (χ0n) is 6.25. The third-order valence-corrected chi connectivity index (χ3v) is 4.68. The Kier molecular flexibility index (Phi) is 2.47. The van der Waals surface area contributed by atoms with E-state index >= 15 is 0 Å². The quantitative estimate of drug-likeness (QED) is 0.572. The maximum atomic E-state index is 3.27. The molecule has 0 aromatic rings. The average molecular weight is 182 g/mol. The van der Waals surface area contributed by atoms with Gasteiger partial charge < -0.3 is 0 Å². The predicted molar refractivity (Wildman–Crippen MR) is 54.1 cm³/mol. The lowest BCUT2D eigenvalue weighted by Gasteiger charge is -2.19. The molecule has 58 valence electrons. The van der Waals surface area contributed by atoms with Gasteiger partial charge in [-0.15, -0.1) is 29.3 Å². The van der Waals surface area contributed by atoms with Gasteiger partial charge in [0.05, 0.1) is 4.58 Å². The van der Waals surface area contributed by atoms with Crippen molar-refractivity contribution in [3.63, 3.8) is 0 Å². The fraction of sp³-hybridized carbons (Fsp3) is 0.444. The molecule has 0 nitrogen and oxygen atoms in total. The molecule has 0 bridgehead atoms. The molecule has 1 aliphatic carbocycles. The summed E-state index contributed by atoms with van der Waals surface area (Å²) < 4.78 is 0.666. The Morgan fingerprint density at radius 1 is 1.36 bits per heavy atom. The monoisotopic (exact) mass is 182 g/mol. The van der Waals surface area contributed by atoms with Crippen molar-refractivity contribution in [2.45, 2.75) is 11.0 Å². The molecule has 2 aliphatic rings. The van der Waals surface area contributed by atoms with Gasteiger partial charge >= 0.3 is 0 Å². The molecule has 1 fully saturated rings. The van der Waals surface area contributed by atoms with E-state index < -0.39 is 0 Å². The number of rotatable bonds is 1. The van der Waals surface area contributed by atoms with E-state index in [1.54, 1.807) is 0 Å². The molecule has 2 rings (SSSR count). The minimum Gasteiger partial charge on any atom is -0.142 e. The van der Waals surface area contributed by atoms with Gasteiger partial charge in [0.1, 0.15) is 0 Å². The van der Waals surface area contributed by atoms with Crippen molar-refractivity contribution in [1.82, 2.24) is 0 Å². The van der Waals surface area contributed by atoms with Gasteiger partial charge in [0.25, 0.3) is 0 Å². The molecule has 0 N–H and O–H groups in total. The second kappa shape index (κ2) is 3.57. The van der Waals surface area contributed by atoms with Crippen LogP contribution >= 0.6 is 23.5 Å². The smallest absolute Gasteiger partial charge is 0.0822 e. The summed E-state index contributed by atoms with van der Waals surface area (Å²) in [7, 11) is 0. The fourth-order valence-electron chi connectivity index (χ4n) is 1.16. The number of hydrogen-bond donors (Lipinski definition) is 0. The first-order valence-electron chi connectivity index (χ1n) is 3.83. The highest BCUT2D eigenvalue weighted by molar-refractivity contribution is 8.17. The molecule has 0 amide bonds. The van der Waals surface area contributed by atoms with Crippen molar-refractivity contribution in [1.29, 1.82) is 0 Å². The van der Waals surface area contributed by atoms with E-state index in [2.05, 4.69) is 41.4 Å². The van der Waals surface area contributed by atoms with Gasteiger partial charge in [-0.25, -0.2) is 0 Å². The molecule has 0 aromatic heterocycles. The Bertz CT molecular complexity index is 228. The van der Waals surface area contributed by atoms with Gasteiger partial charge in [-0.05, 0) is 30.1 Å². The van der Waals surface area contributed by atoms with E-state index in [-0.39, 0.29) is 0 Å². The van der Waals surface area contributed by atoms with E-state index in [0.717, 1.165) is 0 Å². The minimum atomic E-state index is 0.666. The Balaban J connectivity index is 2.03. The van der Waals surface area contributed by atoms with Crippen molar-refractivity contribution in [2.24, 2.45) is 0 Å². The van der Waals surface area contributed by atoms with Crippen LogP contribution in [0.1, 0.15) is 6.42 Å². The number of allylic oxidation sites excluding steroid dienone is 2. The third kappa shape index (κ3) is 1.76. The van der Waals surface area contributed by atoms with E-state index in [0.29, 0.717) is 4.58 Å². The highest BCUT2D eigenvalue weighted by Gasteiger charge is 2.17. The predicted octanol–water partition coefficient (Wildman–Crippen LogP) is 2.83. The summed E-state index contributed by atoms with van der Waals surface area (Å²) in [5, 5.41) is 0. The summed E-state index contributed by atoms with van der Waals surface area (Å²) in [6.45, 7) is 0. The molecule has 0 aromatic carbocycles. The first kappa shape index (κ1) is 7.60. The van der Waals surface area contributed by atoms with Gasteiger partial charge in [0.2, 0.25) is 0 Å². The van der Waals surface area contributed by atoms with E-state index in [1.807, 2.05) is 6.08 Å². The molecule has 1 saturated heterocycles.